The highest BCUT2D eigenvalue weighted by Gasteiger charge is 2.27. The number of unbranched alkanes of at least 4 members (excludes halogenated alkanes) is 1. The fraction of sp³-hybridized carbons (Fsp3) is 0.252. The highest BCUT2D eigenvalue weighted by Crippen LogP contribution is 2.44. The maximum atomic E-state index is 5.50. The Labute approximate surface area is 713 Å². The summed E-state index contributed by atoms with van der Waals surface area (Å²) in [6.07, 6.45) is 7.88. The third-order valence-corrected chi connectivity index (χ3v) is 25.8. The molecule has 0 aliphatic carbocycles. The topological polar surface area (TPSA) is 75.1 Å². The lowest BCUT2D eigenvalue weighted by Crippen LogP contribution is -2.16. The summed E-state index contributed by atoms with van der Waals surface area (Å²) >= 11 is 7.52. The molecule has 16 rings (SSSR count). The monoisotopic (exact) mass is 1610 g/mol. The van der Waals surface area contributed by atoms with Crippen LogP contribution in [-0.4, -0.2) is 21.2 Å². The van der Waals surface area contributed by atoms with E-state index in [1.54, 1.807) is 0 Å². The summed E-state index contributed by atoms with van der Waals surface area (Å²) in [6.45, 7) is 27.2. The van der Waals surface area contributed by atoms with Gasteiger partial charge in [0.15, 0.2) is 0 Å². The summed E-state index contributed by atoms with van der Waals surface area (Å²) in [5.41, 5.74) is 20.6. The zero-order valence-electron chi connectivity index (χ0n) is 68.4. The van der Waals surface area contributed by atoms with Crippen LogP contribution in [0.4, 0.5) is 17.1 Å². The molecule has 7 heterocycles. The Hall–Kier alpha value is -10.7. The van der Waals surface area contributed by atoms with Crippen molar-refractivity contribution in [2.75, 3.05) is 10.6 Å². The van der Waals surface area contributed by atoms with Crippen LogP contribution < -0.4 is 10.6 Å². The van der Waals surface area contributed by atoms with Gasteiger partial charge in [-0.3, -0.25) is 15.0 Å². The van der Waals surface area contributed by atoms with Crippen LogP contribution >= 0.6 is 45.3 Å². The van der Waals surface area contributed by atoms with E-state index < -0.39 is 0 Å². The van der Waals surface area contributed by atoms with Crippen LogP contribution in [-0.2, 0) is 19.3 Å². The number of anilines is 2. The molecular weight excluding hydrogens is 1500 g/mol. The fourth-order valence-corrected chi connectivity index (χ4v) is 19.4. The molecule has 2 atom stereocenters. The van der Waals surface area contributed by atoms with Gasteiger partial charge >= 0.3 is 0 Å². The first-order valence-electron chi connectivity index (χ1n) is 41.0. The first-order chi connectivity index (χ1) is 56.0. The fourth-order valence-electron chi connectivity index (χ4n) is 15.6. The van der Waals surface area contributed by atoms with Crippen molar-refractivity contribution in [3.05, 3.63) is 376 Å². The van der Waals surface area contributed by atoms with Crippen molar-refractivity contribution in [3.8, 4) is 33.8 Å². The molecule has 16 aromatic rings. The number of fused-ring (bicyclic) bond motifs is 3. The summed E-state index contributed by atoms with van der Waals surface area (Å²) < 4.78 is 0. The number of pyridine rings is 3. The molecule has 117 heavy (non-hydrogen) atoms. The number of hydrogen-bond donors (Lipinski definition) is 2. The van der Waals surface area contributed by atoms with Gasteiger partial charge in [-0.1, -0.05) is 310 Å². The molecule has 0 fully saturated rings. The summed E-state index contributed by atoms with van der Waals surface area (Å²) in [4.78, 5) is 29.0. The van der Waals surface area contributed by atoms with Gasteiger partial charge in [0, 0.05) is 63.7 Å². The second kappa shape index (κ2) is 40.4. The Kier molecular flexibility index (Phi) is 29.6. The average Bonchev–Trinajstić information content (AvgIpc) is 1.78. The lowest BCUT2D eigenvalue weighted by molar-refractivity contribution is 0.746. The zero-order chi connectivity index (χ0) is 79.9. The van der Waals surface area contributed by atoms with Crippen LogP contribution in [0.5, 0.6) is 0 Å². The van der Waals surface area contributed by atoms with E-state index in [1.807, 2.05) is 57.6 Å². The first-order valence-corrected chi connectivity index (χ1v) is 44.4. The van der Waals surface area contributed by atoms with Crippen LogP contribution in [0.2, 0.25) is 0 Å². The van der Waals surface area contributed by atoms with E-state index in [4.69, 9.17) is 19.9 Å². The number of benzene rings is 9. The van der Waals surface area contributed by atoms with E-state index in [2.05, 4.69) is 384 Å². The van der Waals surface area contributed by atoms with Gasteiger partial charge in [0.1, 0.15) is 12.1 Å². The summed E-state index contributed by atoms with van der Waals surface area (Å²) in [5, 5.41) is 19.9. The van der Waals surface area contributed by atoms with Gasteiger partial charge < -0.3 is 10.6 Å². The number of rotatable bonds is 26. The molecule has 2 unspecified atom stereocenters. The third-order valence-electron chi connectivity index (χ3n) is 21.6. The third kappa shape index (κ3) is 20.8. The Morgan fingerprint density at radius 1 is 0.316 bits per heavy atom. The normalized spacial score (nSPS) is 12.0. The Balaban J connectivity index is 0.000000223. The molecule has 2 N–H and O–H groups in total. The van der Waals surface area contributed by atoms with E-state index in [9.17, 15) is 0 Å². The maximum Gasteiger partial charge on any atom is 0.103 e. The number of aromatic nitrogens is 3. The smallest absolute Gasteiger partial charge is 0.103 e. The number of aliphatic imine (C=N–C) groups is 1. The van der Waals surface area contributed by atoms with Gasteiger partial charge in [-0.15, -0.1) is 45.3 Å². The van der Waals surface area contributed by atoms with Crippen LogP contribution in [0, 0.1) is 0 Å². The van der Waals surface area contributed by atoms with Crippen LogP contribution in [0.25, 0.3) is 66.1 Å². The van der Waals surface area contributed by atoms with Crippen molar-refractivity contribution < 1.29 is 0 Å². The standard InChI is InChI=1S/C65H64N4S2.C28H28N2.C12H14S2.2CH4/c1-40(2)48-25-15-26-49(41(3)4)62(48)68-64(58-33-17-31-56(66-58)54-29-13-21-44-19-9-11-23-52(44)54)60-37-35-46(70-60)39-47-36-38-61(71-47)65(69-63-50(42(5)6)27-16-28-51(63)43(7)8)59-34-18-32-57(67-59)55-30-14-22-45-20-10-12-24-53(45)55;1-19(2)23-14-9-15-24(20(3)4)28(23)29-18-22-12-8-17-27(30-22)26-16-7-11-21-10-5-6-13-25(21)26;1(5-11-7-3-9-13-11)2-6-12-8-4-10-14-12;;/h9-38,40-43,64-65,68-69H,39H2,1-8H3;5-20H,1-4H3;3-4,7-10H,1-2,5-6H2;2*1H4. The first kappa shape index (κ1) is 85.6. The number of nitrogens with one attached hydrogen (secondary N) is 2. The van der Waals surface area contributed by atoms with Crippen molar-refractivity contribution in [3.63, 3.8) is 0 Å². The SMILES string of the molecule is C.C.CC(C)c1cccc(C(C)C)c1N=Cc1cccc(-c2cccc3ccccc23)n1.CC(C)c1cccc(C(C)C)c1NC(c1cccc(-c2cccc3ccccc23)n1)c1ccc(Cc2ccc(C(Nc3c(C(C)C)cccc3C(C)C)c3cccc(-c4cccc5ccccc45)n3)s2)s1.c1csc(CCCCc2cccs2)c1. The van der Waals surface area contributed by atoms with Gasteiger partial charge in [0.25, 0.3) is 0 Å². The van der Waals surface area contributed by atoms with E-state index in [1.165, 1.54) is 132 Å². The molecule has 0 saturated carbocycles. The maximum absolute atomic E-state index is 5.50. The summed E-state index contributed by atoms with van der Waals surface area (Å²) in [5.74, 6) is 2.25. The van der Waals surface area contributed by atoms with Crippen molar-refractivity contribution in [2.45, 2.75) is 178 Å². The number of thiophene rings is 4. The Morgan fingerprint density at radius 2 is 0.650 bits per heavy atom. The lowest BCUT2D eigenvalue weighted by atomic mass is 9.92. The summed E-state index contributed by atoms with van der Waals surface area (Å²) in [6, 6.07) is 102. The predicted molar refractivity (Wildman–Crippen MR) is 514 cm³/mol. The number of para-hydroxylation sites is 3. The molecule has 0 aliphatic rings. The molecule has 0 saturated heterocycles. The molecule has 7 aromatic heterocycles. The highest BCUT2D eigenvalue weighted by atomic mass is 32.1. The Morgan fingerprint density at radius 3 is 1.02 bits per heavy atom. The van der Waals surface area contributed by atoms with Crippen LogP contribution in [0.15, 0.2) is 301 Å². The average molecular weight is 1610 g/mol. The second-order valence-electron chi connectivity index (χ2n) is 31.8. The quantitative estimate of drug-likeness (QED) is 0.0417. The van der Waals surface area contributed by atoms with E-state index in [-0.39, 0.29) is 26.9 Å². The molecule has 596 valence electrons. The minimum Gasteiger partial charge on any atom is -0.372 e. The van der Waals surface area contributed by atoms with Crippen molar-refractivity contribution in [1.82, 2.24) is 15.0 Å². The van der Waals surface area contributed by atoms with E-state index >= 15 is 0 Å². The molecule has 10 heteroatoms. The van der Waals surface area contributed by atoms with Crippen molar-refractivity contribution >= 4 is 101 Å². The number of nitrogens with zero attached hydrogens (tertiary/aromatic N) is 4. The van der Waals surface area contributed by atoms with Crippen LogP contribution in [0.3, 0.4) is 0 Å². The zero-order valence-corrected chi connectivity index (χ0v) is 71.7. The van der Waals surface area contributed by atoms with E-state index in [0.717, 1.165) is 63.0 Å². The van der Waals surface area contributed by atoms with E-state index in [0.29, 0.717) is 35.5 Å². The molecule has 0 amide bonds. The van der Waals surface area contributed by atoms with Gasteiger partial charge in [-0.25, -0.2) is 4.98 Å². The largest absolute Gasteiger partial charge is 0.372 e. The van der Waals surface area contributed by atoms with Crippen molar-refractivity contribution in [2.24, 2.45) is 4.99 Å². The van der Waals surface area contributed by atoms with Gasteiger partial charge in [0.05, 0.1) is 46.1 Å². The highest BCUT2D eigenvalue weighted by molar-refractivity contribution is 7.13. The second-order valence-corrected chi connectivity index (χ2v) is 36.3. The lowest BCUT2D eigenvalue weighted by Gasteiger charge is -2.26. The molecule has 0 spiro atoms. The molecular formula is C107H114N6S4. The van der Waals surface area contributed by atoms with Gasteiger partial charge in [-0.2, -0.15) is 0 Å². The molecule has 0 radical (unpaired) electrons. The number of aryl methyl sites for hydroxylation is 2. The molecule has 6 nitrogen and oxygen atoms in total. The number of hydrogen-bond acceptors (Lipinski definition) is 10. The molecule has 0 aliphatic heterocycles. The minimum absolute atomic E-state index is 0. The van der Waals surface area contributed by atoms with Gasteiger partial charge in [0.2, 0.25) is 0 Å². The molecule has 9 aromatic carbocycles. The summed E-state index contributed by atoms with van der Waals surface area (Å²) in [7, 11) is 0. The minimum atomic E-state index is -0.162. The van der Waals surface area contributed by atoms with Gasteiger partial charge in [-0.05, 0) is 210 Å². The Bertz CT molecular complexity index is 5560. The van der Waals surface area contributed by atoms with Crippen molar-refractivity contribution in [1.29, 1.82) is 0 Å². The van der Waals surface area contributed by atoms with Crippen LogP contribution in [0.1, 0.15) is 238 Å². The molecule has 0 bridgehead atoms. The predicted octanol–water partition coefficient (Wildman–Crippen LogP) is 32.3.